The summed E-state index contributed by atoms with van der Waals surface area (Å²) in [6.45, 7) is 2.05. The Kier molecular flexibility index (Phi) is 2.25. The molecule has 3 N–H and O–H groups in total. The lowest BCUT2D eigenvalue weighted by Crippen LogP contribution is -2.00. The Morgan fingerprint density at radius 2 is 2.15 bits per heavy atom. The van der Waals surface area contributed by atoms with Crippen LogP contribution in [0, 0.1) is 12.8 Å². The number of aromatic nitrogens is 2. The second kappa shape index (κ2) is 3.40. The summed E-state index contributed by atoms with van der Waals surface area (Å²) in [5, 5.41) is 0. The standard InChI is InChI=1S/C10H17N3/c1-7-9(13-10(11)12-7)6-8-4-2-3-5-8/h8H,2-6H2,1H3,(H3,11,12,13). The number of rotatable bonds is 2. The molecule has 3 heteroatoms. The van der Waals surface area contributed by atoms with Gasteiger partial charge in [-0.05, 0) is 19.3 Å². The van der Waals surface area contributed by atoms with Gasteiger partial charge in [0.25, 0.3) is 0 Å². The quantitative estimate of drug-likeness (QED) is 0.730. The molecule has 2 rings (SSSR count). The maximum atomic E-state index is 5.59. The van der Waals surface area contributed by atoms with Crippen molar-refractivity contribution in [1.29, 1.82) is 0 Å². The van der Waals surface area contributed by atoms with Gasteiger partial charge in [-0.2, -0.15) is 0 Å². The Hall–Kier alpha value is -0.990. The van der Waals surface area contributed by atoms with Crippen LogP contribution in [0.5, 0.6) is 0 Å². The highest BCUT2D eigenvalue weighted by Crippen LogP contribution is 2.28. The molecule has 0 radical (unpaired) electrons. The smallest absolute Gasteiger partial charge is 0.197 e. The normalized spacial score (nSPS) is 18.2. The SMILES string of the molecule is Cc1[nH]c(N)nc1CC1CCCC1. The molecule has 13 heavy (non-hydrogen) atoms. The lowest BCUT2D eigenvalue weighted by molar-refractivity contribution is 0.539. The largest absolute Gasteiger partial charge is 0.369 e. The van der Waals surface area contributed by atoms with Gasteiger partial charge in [0.2, 0.25) is 0 Å². The van der Waals surface area contributed by atoms with Crippen molar-refractivity contribution in [1.82, 2.24) is 9.97 Å². The van der Waals surface area contributed by atoms with Crippen LogP contribution in [0.15, 0.2) is 0 Å². The summed E-state index contributed by atoms with van der Waals surface area (Å²) in [6.07, 6.45) is 6.63. The number of aryl methyl sites for hydroxylation is 1. The first-order valence-electron chi connectivity index (χ1n) is 5.06. The first-order valence-corrected chi connectivity index (χ1v) is 5.06. The second-order valence-corrected chi connectivity index (χ2v) is 4.05. The summed E-state index contributed by atoms with van der Waals surface area (Å²) in [7, 11) is 0. The highest BCUT2D eigenvalue weighted by molar-refractivity contribution is 5.25. The molecule has 0 unspecified atom stereocenters. The molecular formula is C10H17N3. The number of nitrogens with two attached hydrogens (primary N) is 1. The van der Waals surface area contributed by atoms with Crippen molar-refractivity contribution in [2.45, 2.75) is 39.0 Å². The van der Waals surface area contributed by atoms with Gasteiger partial charge in [0.05, 0.1) is 5.69 Å². The van der Waals surface area contributed by atoms with Crippen LogP contribution in [-0.4, -0.2) is 9.97 Å². The van der Waals surface area contributed by atoms with Gasteiger partial charge < -0.3 is 10.7 Å². The second-order valence-electron chi connectivity index (χ2n) is 4.05. The summed E-state index contributed by atoms with van der Waals surface area (Å²) in [5.41, 5.74) is 7.90. The predicted molar refractivity (Wildman–Crippen MR) is 53.4 cm³/mol. The molecule has 0 atom stereocenters. The van der Waals surface area contributed by atoms with Crippen LogP contribution in [0.3, 0.4) is 0 Å². The molecule has 1 aliphatic rings. The number of H-pyrrole nitrogens is 1. The zero-order valence-corrected chi connectivity index (χ0v) is 8.14. The van der Waals surface area contributed by atoms with Gasteiger partial charge in [-0.3, -0.25) is 0 Å². The van der Waals surface area contributed by atoms with Crippen LogP contribution >= 0.6 is 0 Å². The van der Waals surface area contributed by atoms with Crippen LogP contribution < -0.4 is 5.73 Å². The van der Waals surface area contributed by atoms with E-state index in [1.165, 1.54) is 31.4 Å². The van der Waals surface area contributed by atoms with Crippen molar-refractivity contribution >= 4 is 5.95 Å². The lowest BCUT2D eigenvalue weighted by Gasteiger charge is -2.05. The Morgan fingerprint density at radius 1 is 1.46 bits per heavy atom. The summed E-state index contributed by atoms with van der Waals surface area (Å²) >= 11 is 0. The van der Waals surface area contributed by atoms with Crippen LogP contribution in [0.4, 0.5) is 5.95 Å². The summed E-state index contributed by atoms with van der Waals surface area (Å²) in [4.78, 5) is 7.34. The average molecular weight is 179 g/mol. The topological polar surface area (TPSA) is 54.7 Å². The number of hydrogen-bond donors (Lipinski definition) is 2. The molecule has 1 aliphatic carbocycles. The van der Waals surface area contributed by atoms with E-state index < -0.39 is 0 Å². The molecule has 1 aromatic heterocycles. The monoisotopic (exact) mass is 179 g/mol. The van der Waals surface area contributed by atoms with E-state index >= 15 is 0 Å². The van der Waals surface area contributed by atoms with Crippen LogP contribution in [0.1, 0.15) is 37.1 Å². The molecule has 0 amide bonds. The molecular weight excluding hydrogens is 162 g/mol. The van der Waals surface area contributed by atoms with E-state index in [1.807, 2.05) is 6.92 Å². The predicted octanol–water partition coefficient (Wildman–Crippen LogP) is 2.03. The van der Waals surface area contributed by atoms with Crippen LogP contribution in [0.25, 0.3) is 0 Å². The molecule has 0 spiro atoms. The number of nitrogen functional groups attached to an aromatic ring is 1. The third-order valence-corrected chi connectivity index (χ3v) is 2.96. The molecule has 3 nitrogen and oxygen atoms in total. The first-order chi connectivity index (χ1) is 6.25. The van der Waals surface area contributed by atoms with Gasteiger partial charge in [-0.1, -0.05) is 25.7 Å². The molecule has 1 fully saturated rings. The van der Waals surface area contributed by atoms with E-state index in [9.17, 15) is 0 Å². The zero-order valence-electron chi connectivity index (χ0n) is 8.14. The van der Waals surface area contributed by atoms with Gasteiger partial charge in [-0.15, -0.1) is 0 Å². The summed E-state index contributed by atoms with van der Waals surface area (Å²) in [6, 6.07) is 0. The first kappa shape index (κ1) is 8.60. The van der Waals surface area contributed by atoms with Crippen molar-refractivity contribution in [3.63, 3.8) is 0 Å². The minimum absolute atomic E-state index is 0.561. The van der Waals surface area contributed by atoms with Gasteiger partial charge >= 0.3 is 0 Å². The van der Waals surface area contributed by atoms with Crippen molar-refractivity contribution < 1.29 is 0 Å². The molecule has 0 aromatic carbocycles. The molecule has 1 heterocycles. The highest BCUT2D eigenvalue weighted by atomic mass is 15.0. The van der Waals surface area contributed by atoms with Crippen LogP contribution in [0.2, 0.25) is 0 Å². The molecule has 0 aliphatic heterocycles. The number of imidazole rings is 1. The van der Waals surface area contributed by atoms with E-state index in [1.54, 1.807) is 0 Å². The van der Waals surface area contributed by atoms with Gasteiger partial charge in [-0.25, -0.2) is 4.98 Å². The number of nitrogens with one attached hydrogen (secondary N) is 1. The van der Waals surface area contributed by atoms with E-state index in [-0.39, 0.29) is 0 Å². The lowest BCUT2D eigenvalue weighted by atomic mass is 10.0. The molecule has 0 bridgehead atoms. The summed E-state index contributed by atoms with van der Waals surface area (Å²) in [5.74, 6) is 1.41. The minimum atomic E-state index is 0.561. The van der Waals surface area contributed by atoms with E-state index in [2.05, 4.69) is 9.97 Å². The third kappa shape index (κ3) is 1.85. The van der Waals surface area contributed by atoms with E-state index in [4.69, 9.17) is 5.73 Å². The fourth-order valence-corrected chi connectivity index (χ4v) is 2.21. The number of hydrogen-bond acceptors (Lipinski definition) is 2. The van der Waals surface area contributed by atoms with Gasteiger partial charge in [0.1, 0.15) is 0 Å². The van der Waals surface area contributed by atoms with Crippen molar-refractivity contribution in [3.8, 4) is 0 Å². The molecule has 1 saturated carbocycles. The maximum absolute atomic E-state index is 5.59. The minimum Gasteiger partial charge on any atom is -0.369 e. The fourth-order valence-electron chi connectivity index (χ4n) is 2.21. The third-order valence-electron chi connectivity index (χ3n) is 2.96. The van der Waals surface area contributed by atoms with Crippen molar-refractivity contribution in [2.75, 3.05) is 5.73 Å². The fraction of sp³-hybridized carbons (Fsp3) is 0.700. The number of nitrogens with zero attached hydrogens (tertiary/aromatic N) is 1. The summed E-state index contributed by atoms with van der Waals surface area (Å²) < 4.78 is 0. The molecule has 0 saturated heterocycles. The Morgan fingerprint density at radius 3 is 2.69 bits per heavy atom. The van der Waals surface area contributed by atoms with E-state index in [0.717, 1.165) is 18.0 Å². The zero-order chi connectivity index (χ0) is 9.26. The maximum Gasteiger partial charge on any atom is 0.197 e. The Labute approximate surface area is 78.7 Å². The molecule has 1 aromatic rings. The van der Waals surface area contributed by atoms with Crippen LogP contribution in [-0.2, 0) is 6.42 Å². The van der Waals surface area contributed by atoms with E-state index in [0.29, 0.717) is 5.95 Å². The average Bonchev–Trinajstić information content (AvgIpc) is 2.63. The number of anilines is 1. The van der Waals surface area contributed by atoms with Crippen molar-refractivity contribution in [2.24, 2.45) is 5.92 Å². The van der Waals surface area contributed by atoms with Crippen molar-refractivity contribution in [3.05, 3.63) is 11.4 Å². The van der Waals surface area contributed by atoms with Gasteiger partial charge in [0.15, 0.2) is 5.95 Å². The molecule has 72 valence electrons. The number of aromatic amines is 1. The highest BCUT2D eigenvalue weighted by Gasteiger charge is 2.17. The van der Waals surface area contributed by atoms with Gasteiger partial charge in [0, 0.05) is 5.69 Å². The Balaban J connectivity index is 2.03. The Bertz CT molecular complexity index is 284.